The Hall–Kier alpha value is -0.580. The molecule has 0 spiro atoms. The van der Waals surface area contributed by atoms with Crippen LogP contribution in [0.25, 0.3) is 0 Å². The van der Waals surface area contributed by atoms with Gasteiger partial charge in [-0.05, 0) is 56.1 Å². The van der Waals surface area contributed by atoms with Crippen LogP contribution in [0.4, 0.5) is 0 Å². The van der Waals surface area contributed by atoms with E-state index >= 15 is 0 Å². The van der Waals surface area contributed by atoms with Gasteiger partial charge in [0.1, 0.15) is 0 Å². The Balaban J connectivity index is 0.00000147. The van der Waals surface area contributed by atoms with Crippen LogP contribution in [-0.4, -0.2) is 18.5 Å². The molecule has 20 heavy (non-hydrogen) atoms. The maximum atomic E-state index is 12.1. The van der Waals surface area contributed by atoms with Crippen molar-refractivity contribution in [2.75, 3.05) is 6.54 Å². The van der Waals surface area contributed by atoms with Crippen molar-refractivity contribution >= 4 is 29.7 Å². The number of rotatable bonds is 4. The van der Waals surface area contributed by atoms with E-state index in [1.807, 2.05) is 0 Å². The fourth-order valence-corrected chi connectivity index (χ4v) is 3.94. The molecule has 0 bridgehead atoms. The molecule has 0 aliphatic heterocycles. The van der Waals surface area contributed by atoms with Crippen LogP contribution in [0.3, 0.4) is 0 Å². The van der Waals surface area contributed by atoms with Gasteiger partial charge in [0.15, 0.2) is 0 Å². The number of aryl methyl sites for hydroxylation is 2. The summed E-state index contributed by atoms with van der Waals surface area (Å²) in [5, 5.41) is 2.99. The number of nitrogens with one attached hydrogen (secondary N) is 1. The zero-order chi connectivity index (χ0) is 13.2. The highest BCUT2D eigenvalue weighted by Crippen LogP contribution is 2.31. The van der Waals surface area contributed by atoms with Gasteiger partial charge in [0.25, 0.3) is 5.91 Å². The number of nitrogens with two attached hydrogens (primary N) is 1. The van der Waals surface area contributed by atoms with Gasteiger partial charge in [-0.2, -0.15) is 0 Å². The van der Waals surface area contributed by atoms with Crippen molar-refractivity contribution in [1.29, 1.82) is 0 Å². The van der Waals surface area contributed by atoms with E-state index in [4.69, 9.17) is 5.73 Å². The normalized spacial score (nSPS) is 19.4. The summed E-state index contributed by atoms with van der Waals surface area (Å²) in [4.78, 5) is 14.4. The standard InChI is InChI=1S/C15H22N2OS.ClH/c16-12(10-6-7-10)9-17-15(18)14-8-11-4-2-1-3-5-13(11)19-14;/h8,10,12H,1-7,9,16H2,(H,17,18);1H. The minimum Gasteiger partial charge on any atom is -0.350 e. The Morgan fingerprint density at radius 2 is 2.10 bits per heavy atom. The van der Waals surface area contributed by atoms with Crippen LogP contribution < -0.4 is 11.1 Å². The SMILES string of the molecule is Cl.NC(CNC(=O)c1cc2c(s1)CCCCC2)C1CC1. The molecule has 1 aromatic heterocycles. The first-order chi connectivity index (χ1) is 9.24. The Labute approximate surface area is 130 Å². The predicted octanol–water partition coefficient (Wildman–Crippen LogP) is 2.91. The van der Waals surface area contributed by atoms with E-state index in [1.165, 1.54) is 42.5 Å². The molecule has 0 radical (unpaired) electrons. The Morgan fingerprint density at radius 1 is 1.35 bits per heavy atom. The summed E-state index contributed by atoms with van der Waals surface area (Å²) in [7, 11) is 0. The molecule has 1 heterocycles. The zero-order valence-corrected chi connectivity index (χ0v) is 13.3. The van der Waals surface area contributed by atoms with Crippen molar-refractivity contribution in [3.05, 3.63) is 21.4 Å². The van der Waals surface area contributed by atoms with Crippen LogP contribution in [-0.2, 0) is 12.8 Å². The number of thiophene rings is 1. The first-order valence-electron chi connectivity index (χ1n) is 7.39. The number of fused-ring (bicyclic) bond motifs is 1. The van der Waals surface area contributed by atoms with Crippen molar-refractivity contribution in [2.24, 2.45) is 11.7 Å². The summed E-state index contributed by atoms with van der Waals surface area (Å²) < 4.78 is 0. The molecule has 0 saturated heterocycles. The maximum Gasteiger partial charge on any atom is 0.261 e. The third-order valence-corrected chi connectivity index (χ3v) is 5.43. The predicted molar refractivity (Wildman–Crippen MR) is 85.9 cm³/mol. The number of carbonyl (C=O) groups excluding carboxylic acids is 1. The van der Waals surface area contributed by atoms with Gasteiger partial charge in [-0.25, -0.2) is 0 Å². The summed E-state index contributed by atoms with van der Waals surface area (Å²) in [5.41, 5.74) is 7.41. The average Bonchev–Trinajstić information content (AvgIpc) is 3.21. The largest absolute Gasteiger partial charge is 0.350 e. The molecule has 3 nitrogen and oxygen atoms in total. The first-order valence-corrected chi connectivity index (χ1v) is 8.21. The van der Waals surface area contributed by atoms with Gasteiger partial charge in [0, 0.05) is 17.5 Å². The van der Waals surface area contributed by atoms with Crippen molar-refractivity contribution in [1.82, 2.24) is 5.32 Å². The number of hydrogen-bond donors (Lipinski definition) is 2. The number of carbonyl (C=O) groups is 1. The van der Waals surface area contributed by atoms with Gasteiger partial charge in [-0.1, -0.05) is 6.42 Å². The topological polar surface area (TPSA) is 55.1 Å². The molecule has 2 aliphatic rings. The quantitative estimate of drug-likeness (QED) is 0.840. The molecule has 1 unspecified atom stereocenters. The van der Waals surface area contributed by atoms with Gasteiger partial charge in [-0.15, -0.1) is 23.7 Å². The highest BCUT2D eigenvalue weighted by molar-refractivity contribution is 7.14. The molecule has 5 heteroatoms. The van der Waals surface area contributed by atoms with Crippen LogP contribution in [0.15, 0.2) is 6.07 Å². The van der Waals surface area contributed by atoms with E-state index in [-0.39, 0.29) is 24.4 Å². The first kappa shape index (κ1) is 15.8. The van der Waals surface area contributed by atoms with Gasteiger partial charge in [0.05, 0.1) is 4.88 Å². The van der Waals surface area contributed by atoms with Crippen molar-refractivity contribution in [2.45, 2.75) is 51.0 Å². The fourth-order valence-electron chi connectivity index (χ4n) is 2.77. The monoisotopic (exact) mass is 314 g/mol. The summed E-state index contributed by atoms with van der Waals surface area (Å²) >= 11 is 1.68. The minimum atomic E-state index is 0. The van der Waals surface area contributed by atoms with E-state index in [9.17, 15) is 4.79 Å². The lowest BCUT2D eigenvalue weighted by Crippen LogP contribution is -2.38. The molecular formula is C15H23ClN2OS. The second-order valence-electron chi connectivity index (χ2n) is 5.83. The molecule has 1 aromatic rings. The van der Waals surface area contributed by atoms with Crippen LogP contribution in [0.2, 0.25) is 0 Å². The highest BCUT2D eigenvalue weighted by atomic mass is 35.5. The molecular weight excluding hydrogens is 292 g/mol. The molecule has 2 aliphatic carbocycles. The molecule has 1 atom stereocenters. The average molecular weight is 315 g/mol. The molecule has 0 aromatic carbocycles. The molecule has 3 rings (SSSR count). The van der Waals surface area contributed by atoms with Crippen molar-refractivity contribution < 1.29 is 4.79 Å². The van der Waals surface area contributed by atoms with Crippen LogP contribution in [0.5, 0.6) is 0 Å². The van der Waals surface area contributed by atoms with E-state index < -0.39 is 0 Å². The van der Waals surface area contributed by atoms with Crippen LogP contribution >= 0.6 is 23.7 Å². The smallest absolute Gasteiger partial charge is 0.261 e. The third-order valence-electron chi connectivity index (χ3n) is 4.20. The summed E-state index contributed by atoms with van der Waals surface area (Å²) in [6.45, 7) is 0.617. The van der Waals surface area contributed by atoms with Gasteiger partial charge < -0.3 is 11.1 Å². The highest BCUT2D eigenvalue weighted by Gasteiger charge is 2.28. The fraction of sp³-hybridized carbons (Fsp3) is 0.667. The third kappa shape index (κ3) is 3.74. The summed E-state index contributed by atoms with van der Waals surface area (Å²) in [6, 6.07) is 2.24. The maximum absolute atomic E-state index is 12.1. The number of halogens is 1. The van der Waals surface area contributed by atoms with Crippen molar-refractivity contribution in [3.8, 4) is 0 Å². The molecule has 1 fully saturated rings. The van der Waals surface area contributed by atoms with Crippen molar-refractivity contribution in [3.63, 3.8) is 0 Å². The van der Waals surface area contributed by atoms with Gasteiger partial charge in [-0.3, -0.25) is 4.79 Å². The van der Waals surface area contributed by atoms with E-state index in [1.54, 1.807) is 11.3 Å². The second-order valence-corrected chi connectivity index (χ2v) is 6.97. The number of hydrogen-bond acceptors (Lipinski definition) is 3. The molecule has 1 amide bonds. The minimum absolute atomic E-state index is 0. The molecule has 112 valence electrons. The lowest BCUT2D eigenvalue weighted by Gasteiger charge is -2.10. The van der Waals surface area contributed by atoms with Gasteiger partial charge in [0.2, 0.25) is 0 Å². The van der Waals surface area contributed by atoms with E-state index in [2.05, 4.69) is 11.4 Å². The lowest BCUT2D eigenvalue weighted by atomic mass is 10.1. The van der Waals surface area contributed by atoms with E-state index in [0.29, 0.717) is 12.5 Å². The van der Waals surface area contributed by atoms with Crippen LogP contribution in [0.1, 0.15) is 52.2 Å². The van der Waals surface area contributed by atoms with Crippen LogP contribution in [0, 0.1) is 5.92 Å². The number of amides is 1. The van der Waals surface area contributed by atoms with E-state index in [0.717, 1.165) is 17.7 Å². The lowest BCUT2D eigenvalue weighted by molar-refractivity contribution is 0.0954. The Morgan fingerprint density at radius 3 is 2.85 bits per heavy atom. The summed E-state index contributed by atoms with van der Waals surface area (Å²) in [6.07, 6.45) is 8.59. The second kappa shape index (κ2) is 6.92. The summed E-state index contributed by atoms with van der Waals surface area (Å²) in [5.74, 6) is 0.703. The Bertz CT molecular complexity index is 447. The molecule has 1 saturated carbocycles. The Kier molecular flexibility index (Phi) is 5.47. The molecule has 3 N–H and O–H groups in total. The zero-order valence-electron chi connectivity index (χ0n) is 11.7. The van der Waals surface area contributed by atoms with Gasteiger partial charge >= 0.3 is 0 Å².